The second kappa shape index (κ2) is 7.46. The summed E-state index contributed by atoms with van der Waals surface area (Å²) in [5.41, 5.74) is 0. The SMILES string of the molecule is CC(C)(C)Pc1ccccc1.[CH3][Ge]([CH3])[CH3]. The standard InChI is InChI=1S/C10H15P.C3H9Ge/c1-10(2,3)11-9-7-5-4-6-8-9;1-4(2)3/h4-8,11H,1-3H3;1-3H3. The van der Waals surface area contributed by atoms with E-state index in [1.165, 1.54) is 5.30 Å². The molecule has 0 spiro atoms. The fraction of sp³-hybridized carbons (Fsp3) is 0.538. The van der Waals surface area contributed by atoms with E-state index in [0.717, 1.165) is 8.58 Å². The zero-order valence-electron chi connectivity index (χ0n) is 10.9. The van der Waals surface area contributed by atoms with E-state index in [9.17, 15) is 0 Å². The van der Waals surface area contributed by atoms with Crippen LogP contribution in [0, 0.1) is 0 Å². The minimum absolute atomic E-state index is 0.333. The molecule has 15 heavy (non-hydrogen) atoms. The van der Waals surface area contributed by atoms with Crippen LogP contribution in [-0.2, 0) is 0 Å². The van der Waals surface area contributed by atoms with Crippen molar-refractivity contribution in [3.63, 3.8) is 0 Å². The van der Waals surface area contributed by atoms with E-state index in [4.69, 9.17) is 0 Å². The molecule has 0 aromatic heterocycles. The van der Waals surface area contributed by atoms with E-state index in [1.54, 1.807) is 0 Å². The first-order valence-electron chi connectivity index (χ1n) is 5.41. The van der Waals surface area contributed by atoms with Crippen LogP contribution < -0.4 is 5.30 Å². The van der Waals surface area contributed by atoms with Crippen molar-refractivity contribution in [2.75, 3.05) is 0 Å². The zero-order chi connectivity index (χ0) is 11.9. The topological polar surface area (TPSA) is 0 Å². The molecule has 85 valence electrons. The van der Waals surface area contributed by atoms with Crippen LogP contribution >= 0.6 is 8.58 Å². The van der Waals surface area contributed by atoms with Crippen molar-refractivity contribution in [3.8, 4) is 0 Å². The molecule has 2 heteroatoms. The van der Waals surface area contributed by atoms with Crippen LogP contribution in [0.4, 0.5) is 0 Å². The predicted octanol–water partition coefficient (Wildman–Crippen LogP) is 4.16. The van der Waals surface area contributed by atoms with Gasteiger partial charge in [0.1, 0.15) is 0 Å². The Labute approximate surface area is 102 Å². The molecule has 1 radical (unpaired) electrons. The summed E-state index contributed by atoms with van der Waals surface area (Å²) < 4.78 is 0. The summed E-state index contributed by atoms with van der Waals surface area (Å²) >= 11 is -0.333. The second-order valence-corrected chi connectivity index (χ2v) is 13.9. The van der Waals surface area contributed by atoms with E-state index < -0.39 is 0 Å². The molecular formula is C13H24GeP. The minimum atomic E-state index is -0.333. The van der Waals surface area contributed by atoms with Gasteiger partial charge in [0.2, 0.25) is 0 Å². The van der Waals surface area contributed by atoms with Crippen LogP contribution in [0.5, 0.6) is 0 Å². The van der Waals surface area contributed by atoms with Gasteiger partial charge in [-0.2, -0.15) is 0 Å². The van der Waals surface area contributed by atoms with E-state index in [0.29, 0.717) is 5.16 Å². The van der Waals surface area contributed by atoms with Crippen molar-refractivity contribution < 1.29 is 0 Å². The van der Waals surface area contributed by atoms with Crippen LogP contribution in [0.3, 0.4) is 0 Å². The molecule has 0 saturated heterocycles. The van der Waals surface area contributed by atoms with Gasteiger partial charge in [-0.15, -0.1) is 0 Å². The van der Waals surface area contributed by atoms with Crippen LogP contribution in [0.25, 0.3) is 0 Å². The molecule has 1 unspecified atom stereocenters. The van der Waals surface area contributed by atoms with Gasteiger partial charge in [-0.05, 0) is 10.5 Å². The molecule has 0 bridgehead atoms. The van der Waals surface area contributed by atoms with Crippen molar-refractivity contribution in [2.24, 2.45) is 0 Å². The normalized spacial score (nSPS) is 11.7. The van der Waals surface area contributed by atoms with Crippen LogP contribution in [0.2, 0.25) is 17.3 Å². The van der Waals surface area contributed by atoms with Crippen molar-refractivity contribution >= 4 is 28.2 Å². The Balaban J connectivity index is 0.000000423. The predicted molar refractivity (Wildman–Crippen MR) is 77.5 cm³/mol. The summed E-state index contributed by atoms with van der Waals surface area (Å²) in [4.78, 5) is 0. The van der Waals surface area contributed by atoms with E-state index in [2.05, 4.69) is 68.4 Å². The summed E-state index contributed by atoms with van der Waals surface area (Å²) in [5.74, 6) is 7.00. The molecule has 0 saturated carbocycles. The summed E-state index contributed by atoms with van der Waals surface area (Å²) in [6.07, 6.45) is 0. The van der Waals surface area contributed by atoms with Gasteiger partial charge < -0.3 is 0 Å². The molecule has 0 aliphatic rings. The maximum absolute atomic E-state index is 2.33. The second-order valence-electron chi connectivity index (χ2n) is 5.24. The molecule has 0 fully saturated rings. The Kier molecular flexibility index (Phi) is 7.56. The van der Waals surface area contributed by atoms with E-state index >= 15 is 0 Å². The third-order valence-electron chi connectivity index (χ3n) is 1.29. The fourth-order valence-electron chi connectivity index (χ4n) is 0.954. The molecule has 0 amide bonds. The van der Waals surface area contributed by atoms with Gasteiger partial charge in [0.05, 0.1) is 0 Å². The van der Waals surface area contributed by atoms with Crippen LogP contribution in [0.15, 0.2) is 30.3 Å². The molecule has 0 heterocycles. The molecule has 0 aliphatic heterocycles. The molecule has 0 N–H and O–H groups in total. The summed E-state index contributed by atoms with van der Waals surface area (Å²) in [5, 5.41) is 1.89. The zero-order valence-corrected chi connectivity index (χ0v) is 14.0. The van der Waals surface area contributed by atoms with Gasteiger partial charge in [-0.1, -0.05) is 59.7 Å². The summed E-state index contributed by atoms with van der Waals surface area (Å²) in [6, 6.07) is 10.7. The van der Waals surface area contributed by atoms with Crippen molar-refractivity contribution in [1.29, 1.82) is 0 Å². The molecule has 1 rings (SSSR count). The Morgan fingerprint density at radius 1 is 0.933 bits per heavy atom. The van der Waals surface area contributed by atoms with E-state index in [1.807, 2.05) is 0 Å². The fourth-order valence-corrected chi connectivity index (χ4v) is 2.18. The van der Waals surface area contributed by atoms with Gasteiger partial charge in [-0.25, -0.2) is 0 Å². The van der Waals surface area contributed by atoms with Crippen LogP contribution in [-0.4, -0.2) is 19.5 Å². The molecule has 0 aliphatic carbocycles. The Morgan fingerprint density at radius 3 is 1.67 bits per heavy atom. The molecular weight excluding hydrogens is 260 g/mol. The Bertz CT molecular complexity index is 246. The molecule has 0 nitrogen and oxygen atoms in total. The van der Waals surface area contributed by atoms with Gasteiger partial charge in [0, 0.05) is 0 Å². The van der Waals surface area contributed by atoms with Crippen molar-refractivity contribution in [2.45, 2.75) is 43.2 Å². The van der Waals surface area contributed by atoms with Crippen LogP contribution in [0.1, 0.15) is 20.8 Å². The Morgan fingerprint density at radius 2 is 1.33 bits per heavy atom. The average molecular weight is 284 g/mol. The van der Waals surface area contributed by atoms with Crippen molar-refractivity contribution in [3.05, 3.63) is 30.3 Å². The molecule has 1 aromatic carbocycles. The monoisotopic (exact) mass is 285 g/mol. The van der Waals surface area contributed by atoms with Gasteiger partial charge in [-0.3, -0.25) is 0 Å². The third kappa shape index (κ3) is 12.1. The molecule has 1 aromatic rings. The van der Waals surface area contributed by atoms with E-state index in [-0.39, 0.29) is 14.3 Å². The molecule has 1 atom stereocenters. The number of rotatable bonds is 1. The van der Waals surface area contributed by atoms with Gasteiger partial charge in [0.15, 0.2) is 0 Å². The summed E-state index contributed by atoms with van der Waals surface area (Å²) in [6.45, 7) is 6.83. The van der Waals surface area contributed by atoms with Gasteiger partial charge in [0.25, 0.3) is 0 Å². The van der Waals surface area contributed by atoms with Crippen molar-refractivity contribution in [1.82, 2.24) is 0 Å². The maximum atomic E-state index is 2.33. The average Bonchev–Trinajstić information content (AvgIpc) is 2.01. The number of hydrogen-bond donors (Lipinski definition) is 0. The summed E-state index contributed by atoms with van der Waals surface area (Å²) in [7, 11) is 0.914. The first kappa shape index (κ1) is 15.2. The quantitative estimate of drug-likeness (QED) is 0.536. The number of hydrogen-bond acceptors (Lipinski definition) is 0. The first-order chi connectivity index (χ1) is 6.81. The number of benzene rings is 1. The Hall–Kier alpha value is 0.193. The third-order valence-corrected chi connectivity index (χ3v) is 2.67. The van der Waals surface area contributed by atoms with Gasteiger partial charge >= 0.3 is 31.6 Å². The first-order valence-corrected chi connectivity index (χ1v) is 12.7.